The molecule has 0 amide bonds. The molecule has 3 rings (SSSR count). The van der Waals surface area contributed by atoms with Crippen molar-refractivity contribution < 1.29 is 0 Å². The van der Waals surface area contributed by atoms with Crippen LogP contribution in [0.1, 0.15) is 45.1 Å². The predicted molar refractivity (Wildman–Crippen MR) is 84.5 cm³/mol. The molecule has 106 valence electrons. The molecule has 2 aromatic rings. The zero-order valence-electron chi connectivity index (χ0n) is 11.8. The van der Waals surface area contributed by atoms with Gasteiger partial charge in [-0.25, -0.2) is 0 Å². The SMILES string of the molecule is CCCSc1nc(=O)c2ccccc2n1C1CCCC1. The fourth-order valence-corrected chi connectivity index (χ4v) is 3.90. The van der Waals surface area contributed by atoms with Crippen LogP contribution in [0.4, 0.5) is 0 Å². The highest BCUT2D eigenvalue weighted by Gasteiger charge is 2.22. The van der Waals surface area contributed by atoms with E-state index in [1.54, 1.807) is 11.8 Å². The monoisotopic (exact) mass is 288 g/mol. The van der Waals surface area contributed by atoms with Gasteiger partial charge in [-0.05, 0) is 31.4 Å². The number of aromatic nitrogens is 2. The Morgan fingerprint density at radius 3 is 2.80 bits per heavy atom. The summed E-state index contributed by atoms with van der Waals surface area (Å²) in [4.78, 5) is 16.5. The van der Waals surface area contributed by atoms with Gasteiger partial charge in [0.15, 0.2) is 5.16 Å². The van der Waals surface area contributed by atoms with Crippen molar-refractivity contribution >= 4 is 22.7 Å². The lowest BCUT2D eigenvalue weighted by atomic mass is 10.2. The largest absolute Gasteiger partial charge is 0.317 e. The molecule has 0 radical (unpaired) electrons. The molecule has 0 bridgehead atoms. The number of thioether (sulfide) groups is 1. The molecule has 0 saturated heterocycles. The molecule has 4 heteroatoms. The van der Waals surface area contributed by atoms with Gasteiger partial charge in [-0.1, -0.05) is 43.7 Å². The van der Waals surface area contributed by atoms with E-state index in [0.717, 1.165) is 28.2 Å². The maximum absolute atomic E-state index is 12.2. The number of benzene rings is 1. The quantitative estimate of drug-likeness (QED) is 0.629. The van der Waals surface area contributed by atoms with E-state index in [1.807, 2.05) is 18.2 Å². The van der Waals surface area contributed by atoms with Gasteiger partial charge >= 0.3 is 0 Å². The van der Waals surface area contributed by atoms with Crippen LogP contribution in [0.15, 0.2) is 34.2 Å². The van der Waals surface area contributed by atoms with Gasteiger partial charge in [-0.2, -0.15) is 4.98 Å². The molecule has 0 aliphatic heterocycles. The molecular weight excluding hydrogens is 268 g/mol. The van der Waals surface area contributed by atoms with Crippen molar-refractivity contribution in [2.45, 2.75) is 50.2 Å². The summed E-state index contributed by atoms with van der Waals surface area (Å²) in [5, 5.41) is 1.66. The number of rotatable bonds is 4. The molecule has 1 aliphatic carbocycles. The zero-order valence-corrected chi connectivity index (χ0v) is 12.7. The molecule has 1 fully saturated rings. The molecule has 1 aliphatic rings. The lowest BCUT2D eigenvalue weighted by Crippen LogP contribution is -2.18. The maximum Gasteiger partial charge on any atom is 0.281 e. The van der Waals surface area contributed by atoms with Crippen molar-refractivity contribution in [2.24, 2.45) is 0 Å². The van der Waals surface area contributed by atoms with Crippen LogP contribution in [0.2, 0.25) is 0 Å². The molecule has 0 N–H and O–H groups in total. The molecule has 20 heavy (non-hydrogen) atoms. The van der Waals surface area contributed by atoms with Gasteiger partial charge in [0.05, 0.1) is 10.9 Å². The number of fused-ring (bicyclic) bond motifs is 1. The average Bonchev–Trinajstić information content (AvgIpc) is 2.99. The highest BCUT2D eigenvalue weighted by molar-refractivity contribution is 7.99. The molecule has 1 saturated carbocycles. The minimum absolute atomic E-state index is 0.0894. The standard InChI is InChI=1S/C16H20N2OS/c1-2-11-20-16-17-15(19)13-9-5-6-10-14(13)18(16)12-7-3-4-8-12/h5-6,9-10,12H,2-4,7-8,11H2,1H3. The van der Waals surface area contributed by atoms with Crippen molar-refractivity contribution in [1.29, 1.82) is 0 Å². The molecule has 0 atom stereocenters. The Morgan fingerprint density at radius 2 is 2.05 bits per heavy atom. The molecule has 1 aromatic heterocycles. The third kappa shape index (κ3) is 2.49. The van der Waals surface area contributed by atoms with E-state index >= 15 is 0 Å². The Balaban J connectivity index is 2.19. The number of para-hydroxylation sites is 1. The van der Waals surface area contributed by atoms with Gasteiger partial charge in [0.1, 0.15) is 0 Å². The number of hydrogen-bond donors (Lipinski definition) is 0. The van der Waals surface area contributed by atoms with Gasteiger partial charge < -0.3 is 4.57 Å². The Labute approximate surface area is 123 Å². The summed E-state index contributed by atoms with van der Waals surface area (Å²) in [6.07, 6.45) is 6.06. The first-order valence-electron chi connectivity index (χ1n) is 7.45. The van der Waals surface area contributed by atoms with Gasteiger partial charge in [0.25, 0.3) is 5.56 Å². The van der Waals surface area contributed by atoms with E-state index in [9.17, 15) is 4.79 Å². The summed E-state index contributed by atoms with van der Waals surface area (Å²) in [5.74, 6) is 1.01. The van der Waals surface area contributed by atoms with E-state index < -0.39 is 0 Å². The lowest BCUT2D eigenvalue weighted by Gasteiger charge is -2.21. The molecule has 1 aromatic carbocycles. The molecular formula is C16H20N2OS. The summed E-state index contributed by atoms with van der Waals surface area (Å²) >= 11 is 1.71. The van der Waals surface area contributed by atoms with Gasteiger partial charge in [0, 0.05) is 11.8 Å². The van der Waals surface area contributed by atoms with Crippen LogP contribution in [0.3, 0.4) is 0 Å². The van der Waals surface area contributed by atoms with E-state index in [2.05, 4.69) is 22.5 Å². The van der Waals surface area contributed by atoms with Crippen molar-refractivity contribution in [3.05, 3.63) is 34.6 Å². The topological polar surface area (TPSA) is 34.9 Å². The lowest BCUT2D eigenvalue weighted by molar-refractivity contribution is 0.483. The van der Waals surface area contributed by atoms with Crippen molar-refractivity contribution in [3.63, 3.8) is 0 Å². The van der Waals surface area contributed by atoms with Crippen molar-refractivity contribution in [3.8, 4) is 0 Å². The van der Waals surface area contributed by atoms with Gasteiger partial charge in [-0.15, -0.1) is 0 Å². The van der Waals surface area contributed by atoms with Crippen LogP contribution in [0, 0.1) is 0 Å². The Kier molecular flexibility index (Phi) is 4.10. The van der Waals surface area contributed by atoms with E-state index in [-0.39, 0.29) is 5.56 Å². The molecule has 1 heterocycles. The van der Waals surface area contributed by atoms with Crippen LogP contribution >= 0.6 is 11.8 Å². The maximum atomic E-state index is 12.2. The number of nitrogens with zero attached hydrogens (tertiary/aromatic N) is 2. The summed E-state index contributed by atoms with van der Waals surface area (Å²) in [7, 11) is 0. The first kappa shape index (κ1) is 13.7. The average molecular weight is 288 g/mol. The fourth-order valence-electron chi connectivity index (χ4n) is 2.98. The molecule has 0 unspecified atom stereocenters. The first-order chi connectivity index (χ1) is 9.81. The smallest absolute Gasteiger partial charge is 0.281 e. The van der Waals surface area contributed by atoms with Gasteiger partial charge in [-0.3, -0.25) is 4.79 Å². The Bertz CT molecular complexity index is 659. The Morgan fingerprint density at radius 1 is 1.30 bits per heavy atom. The van der Waals surface area contributed by atoms with E-state index in [1.165, 1.54) is 25.7 Å². The molecule has 0 spiro atoms. The van der Waals surface area contributed by atoms with E-state index in [4.69, 9.17) is 0 Å². The second-order valence-electron chi connectivity index (χ2n) is 5.37. The summed E-state index contributed by atoms with van der Waals surface area (Å²) in [6, 6.07) is 8.40. The molecule has 3 nitrogen and oxygen atoms in total. The summed E-state index contributed by atoms with van der Waals surface area (Å²) in [5.41, 5.74) is 0.964. The second-order valence-corrected chi connectivity index (χ2v) is 6.44. The van der Waals surface area contributed by atoms with Crippen LogP contribution in [0.5, 0.6) is 0 Å². The minimum atomic E-state index is -0.0894. The summed E-state index contributed by atoms with van der Waals surface area (Å²) in [6.45, 7) is 2.16. The van der Waals surface area contributed by atoms with E-state index in [0.29, 0.717) is 6.04 Å². The highest BCUT2D eigenvalue weighted by Crippen LogP contribution is 2.34. The Hall–Kier alpha value is -1.29. The number of hydrogen-bond acceptors (Lipinski definition) is 3. The van der Waals surface area contributed by atoms with Crippen LogP contribution in [0.25, 0.3) is 10.9 Å². The summed E-state index contributed by atoms with van der Waals surface area (Å²) < 4.78 is 2.32. The third-order valence-electron chi connectivity index (χ3n) is 3.92. The normalized spacial score (nSPS) is 16.1. The minimum Gasteiger partial charge on any atom is -0.317 e. The second kappa shape index (κ2) is 6.00. The van der Waals surface area contributed by atoms with Crippen LogP contribution in [-0.4, -0.2) is 15.3 Å². The highest BCUT2D eigenvalue weighted by atomic mass is 32.2. The van der Waals surface area contributed by atoms with Crippen molar-refractivity contribution in [2.75, 3.05) is 5.75 Å². The first-order valence-corrected chi connectivity index (χ1v) is 8.44. The third-order valence-corrected chi connectivity index (χ3v) is 5.08. The van der Waals surface area contributed by atoms with Crippen molar-refractivity contribution in [1.82, 2.24) is 9.55 Å². The van der Waals surface area contributed by atoms with Crippen LogP contribution in [-0.2, 0) is 0 Å². The van der Waals surface area contributed by atoms with Gasteiger partial charge in [0.2, 0.25) is 0 Å². The fraction of sp³-hybridized carbons (Fsp3) is 0.500. The van der Waals surface area contributed by atoms with Crippen LogP contribution < -0.4 is 5.56 Å². The predicted octanol–water partition coefficient (Wildman–Crippen LogP) is 4.01. The zero-order chi connectivity index (χ0) is 13.9.